The molecular weight excluding hydrogens is 300 g/mol. The van der Waals surface area contributed by atoms with Crippen LogP contribution in [0.5, 0.6) is 0 Å². The lowest BCUT2D eigenvalue weighted by atomic mass is 10.0. The van der Waals surface area contributed by atoms with Gasteiger partial charge in [-0.15, -0.1) is 12.4 Å². The van der Waals surface area contributed by atoms with Crippen LogP contribution in [0.15, 0.2) is 24.5 Å². The lowest BCUT2D eigenvalue weighted by molar-refractivity contribution is -0.123. The summed E-state index contributed by atoms with van der Waals surface area (Å²) < 4.78 is 0. The number of hydrogen-bond donors (Lipinski definition) is 2. The molecule has 3 heterocycles. The fourth-order valence-electron chi connectivity index (χ4n) is 3.20. The molecule has 3 rings (SSSR count). The van der Waals surface area contributed by atoms with E-state index in [-0.39, 0.29) is 24.4 Å². The van der Waals surface area contributed by atoms with E-state index in [1.54, 1.807) is 0 Å². The van der Waals surface area contributed by atoms with E-state index in [1.165, 1.54) is 5.56 Å². The molecule has 2 aliphatic rings. The maximum absolute atomic E-state index is 12.1. The van der Waals surface area contributed by atoms with Crippen molar-refractivity contribution in [3.63, 3.8) is 0 Å². The van der Waals surface area contributed by atoms with Crippen LogP contribution in [0, 0.1) is 0 Å². The first kappa shape index (κ1) is 17.2. The average molecular weight is 325 g/mol. The minimum atomic E-state index is 0. The third kappa shape index (κ3) is 4.66. The highest BCUT2D eigenvalue weighted by molar-refractivity contribution is 5.85. The van der Waals surface area contributed by atoms with Crippen molar-refractivity contribution in [3.05, 3.63) is 30.1 Å². The number of nitrogens with one attached hydrogen (secondary N) is 2. The third-order valence-electron chi connectivity index (χ3n) is 4.44. The number of piperidine rings is 1. The Balaban J connectivity index is 0.00000176. The van der Waals surface area contributed by atoms with Crippen LogP contribution in [0.1, 0.15) is 31.2 Å². The number of nitrogens with zero attached hydrogens (tertiary/aromatic N) is 2. The summed E-state index contributed by atoms with van der Waals surface area (Å²) in [5.74, 6) is 0.193. The second-order valence-corrected chi connectivity index (χ2v) is 6.07. The summed E-state index contributed by atoms with van der Waals surface area (Å²) in [4.78, 5) is 18.7. The molecule has 1 aromatic heterocycles. The number of carbonyl (C=O) groups is 1. The van der Waals surface area contributed by atoms with Crippen LogP contribution in [0.4, 0.5) is 0 Å². The van der Waals surface area contributed by atoms with E-state index in [2.05, 4.69) is 26.6 Å². The molecule has 2 fully saturated rings. The summed E-state index contributed by atoms with van der Waals surface area (Å²) in [6.07, 6.45) is 7.91. The summed E-state index contributed by atoms with van der Waals surface area (Å²) in [6.45, 7) is 4.01. The number of hydrogen-bond acceptors (Lipinski definition) is 4. The lowest BCUT2D eigenvalue weighted by Gasteiger charge is -2.32. The molecule has 122 valence electrons. The highest BCUT2D eigenvalue weighted by Gasteiger charge is 2.26. The quantitative estimate of drug-likeness (QED) is 0.877. The van der Waals surface area contributed by atoms with Crippen molar-refractivity contribution >= 4 is 18.3 Å². The molecule has 0 saturated carbocycles. The average Bonchev–Trinajstić information content (AvgIpc) is 3.05. The second-order valence-electron chi connectivity index (χ2n) is 6.07. The lowest BCUT2D eigenvalue weighted by Crippen LogP contribution is -2.49. The molecule has 1 aromatic rings. The van der Waals surface area contributed by atoms with Gasteiger partial charge in [-0.25, -0.2) is 0 Å². The summed E-state index contributed by atoms with van der Waals surface area (Å²) >= 11 is 0. The van der Waals surface area contributed by atoms with Crippen LogP contribution in [0.25, 0.3) is 0 Å². The van der Waals surface area contributed by atoms with E-state index >= 15 is 0 Å². The Kier molecular flexibility index (Phi) is 6.61. The van der Waals surface area contributed by atoms with Gasteiger partial charge in [-0.2, -0.15) is 0 Å². The monoisotopic (exact) mass is 324 g/mol. The van der Waals surface area contributed by atoms with E-state index in [0.717, 1.165) is 51.9 Å². The first-order valence-corrected chi connectivity index (χ1v) is 7.96. The predicted molar refractivity (Wildman–Crippen MR) is 89.0 cm³/mol. The number of amides is 1. The predicted octanol–water partition coefficient (Wildman–Crippen LogP) is 1.34. The van der Waals surface area contributed by atoms with Crippen molar-refractivity contribution in [2.45, 2.75) is 44.3 Å². The van der Waals surface area contributed by atoms with Gasteiger partial charge >= 0.3 is 0 Å². The van der Waals surface area contributed by atoms with Gasteiger partial charge in [0.2, 0.25) is 5.91 Å². The number of pyridine rings is 1. The third-order valence-corrected chi connectivity index (χ3v) is 4.44. The van der Waals surface area contributed by atoms with E-state index in [0.29, 0.717) is 6.04 Å². The number of rotatable bonds is 4. The largest absolute Gasteiger partial charge is 0.352 e. The van der Waals surface area contributed by atoms with Gasteiger partial charge in [-0.3, -0.25) is 14.7 Å². The molecule has 6 heteroatoms. The van der Waals surface area contributed by atoms with Crippen molar-refractivity contribution in [1.29, 1.82) is 0 Å². The van der Waals surface area contributed by atoms with Gasteiger partial charge in [0.25, 0.3) is 0 Å². The van der Waals surface area contributed by atoms with Gasteiger partial charge < -0.3 is 10.6 Å². The van der Waals surface area contributed by atoms with Crippen molar-refractivity contribution in [2.24, 2.45) is 0 Å². The van der Waals surface area contributed by atoms with Crippen LogP contribution < -0.4 is 10.6 Å². The summed E-state index contributed by atoms with van der Waals surface area (Å²) in [6, 6.07) is 4.48. The minimum Gasteiger partial charge on any atom is -0.352 e. The Bertz CT molecular complexity index is 456. The van der Waals surface area contributed by atoms with E-state index in [9.17, 15) is 4.79 Å². The van der Waals surface area contributed by atoms with Crippen LogP contribution in [0.2, 0.25) is 0 Å². The first-order chi connectivity index (χ1) is 10.3. The molecule has 0 aliphatic carbocycles. The van der Waals surface area contributed by atoms with Gasteiger partial charge in [0, 0.05) is 38.1 Å². The Morgan fingerprint density at radius 3 is 2.82 bits per heavy atom. The molecule has 2 saturated heterocycles. The number of likely N-dealkylation sites (tertiary alicyclic amines) is 1. The van der Waals surface area contributed by atoms with Gasteiger partial charge in [0.15, 0.2) is 0 Å². The SMILES string of the molecule is Cl.O=C(NC1CCN(Cc2cccnc2)CC1)C1CCCN1. The van der Waals surface area contributed by atoms with Gasteiger partial charge in [0.1, 0.15) is 0 Å². The smallest absolute Gasteiger partial charge is 0.237 e. The van der Waals surface area contributed by atoms with E-state index in [4.69, 9.17) is 0 Å². The van der Waals surface area contributed by atoms with Gasteiger partial charge in [0.05, 0.1) is 6.04 Å². The van der Waals surface area contributed by atoms with Crippen LogP contribution in [-0.2, 0) is 11.3 Å². The van der Waals surface area contributed by atoms with Crippen LogP contribution in [0.3, 0.4) is 0 Å². The Hall–Kier alpha value is -1.17. The minimum absolute atomic E-state index is 0. The normalized spacial score (nSPS) is 23.0. The molecule has 2 aliphatic heterocycles. The Morgan fingerprint density at radius 1 is 1.36 bits per heavy atom. The Labute approximate surface area is 138 Å². The van der Waals surface area contributed by atoms with Gasteiger partial charge in [-0.1, -0.05) is 6.07 Å². The highest BCUT2D eigenvalue weighted by Crippen LogP contribution is 2.14. The zero-order valence-electron chi connectivity index (χ0n) is 12.8. The van der Waals surface area contributed by atoms with Crippen molar-refractivity contribution in [1.82, 2.24) is 20.5 Å². The fraction of sp³-hybridized carbons (Fsp3) is 0.625. The summed E-state index contributed by atoms with van der Waals surface area (Å²) in [5.41, 5.74) is 1.26. The molecule has 0 aromatic carbocycles. The molecule has 5 nitrogen and oxygen atoms in total. The molecular formula is C16H25ClN4O. The molecule has 1 atom stereocenters. The molecule has 0 spiro atoms. The van der Waals surface area contributed by atoms with Crippen molar-refractivity contribution in [3.8, 4) is 0 Å². The highest BCUT2D eigenvalue weighted by atomic mass is 35.5. The molecule has 1 amide bonds. The van der Waals surface area contributed by atoms with Crippen molar-refractivity contribution < 1.29 is 4.79 Å². The number of aromatic nitrogens is 1. The fourth-order valence-corrected chi connectivity index (χ4v) is 3.20. The maximum atomic E-state index is 12.1. The first-order valence-electron chi connectivity index (χ1n) is 7.96. The molecule has 1 unspecified atom stereocenters. The topological polar surface area (TPSA) is 57.3 Å². The molecule has 22 heavy (non-hydrogen) atoms. The summed E-state index contributed by atoms with van der Waals surface area (Å²) in [5, 5.41) is 6.46. The standard InChI is InChI=1S/C16H24N4O.ClH/c21-16(15-4-2-8-18-15)19-14-5-9-20(10-6-14)12-13-3-1-7-17-11-13;/h1,3,7,11,14-15,18H,2,4-6,8-10,12H2,(H,19,21);1H. The van der Waals surface area contributed by atoms with Crippen LogP contribution >= 0.6 is 12.4 Å². The van der Waals surface area contributed by atoms with Gasteiger partial charge in [-0.05, 0) is 43.9 Å². The Morgan fingerprint density at radius 2 is 2.18 bits per heavy atom. The second kappa shape index (κ2) is 8.46. The molecule has 0 bridgehead atoms. The zero-order valence-corrected chi connectivity index (χ0v) is 13.6. The maximum Gasteiger partial charge on any atom is 0.237 e. The number of carbonyl (C=O) groups excluding carboxylic acids is 1. The molecule has 0 radical (unpaired) electrons. The van der Waals surface area contributed by atoms with Crippen molar-refractivity contribution in [2.75, 3.05) is 19.6 Å². The van der Waals surface area contributed by atoms with E-state index < -0.39 is 0 Å². The zero-order chi connectivity index (χ0) is 14.5. The number of halogens is 1. The molecule has 2 N–H and O–H groups in total. The summed E-state index contributed by atoms with van der Waals surface area (Å²) in [7, 11) is 0. The van der Waals surface area contributed by atoms with Crippen LogP contribution in [-0.4, -0.2) is 47.5 Å². The van der Waals surface area contributed by atoms with E-state index in [1.807, 2.05) is 18.5 Å².